The summed E-state index contributed by atoms with van der Waals surface area (Å²) in [5.74, 6) is 0.382. The van der Waals surface area contributed by atoms with Crippen molar-refractivity contribution in [3.8, 4) is 5.75 Å². The highest BCUT2D eigenvalue weighted by Gasteiger charge is 2.24. The molecule has 2 rings (SSSR count). The van der Waals surface area contributed by atoms with Gasteiger partial charge in [0.2, 0.25) is 10.0 Å². The van der Waals surface area contributed by atoms with E-state index in [0.717, 1.165) is 12.0 Å². The summed E-state index contributed by atoms with van der Waals surface area (Å²) in [6, 6.07) is 11.4. The van der Waals surface area contributed by atoms with Crippen LogP contribution in [0.4, 0.5) is 0 Å². The predicted molar refractivity (Wildman–Crippen MR) is 119 cm³/mol. The normalized spacial score (nSPS) is 12.6. The van der Waals surface area contributed by atoms with E-state index >= 15 is 0 Å². The molecule has 30 heavy (non-hydrogen) atoms. The minimum Gasteiger partial charge on any atom is -0.495 e. The van der Waals surface area contributed by atoms with Gasteiger partial charge >= 0.3 is 0 Å². The number of benzene rings is 2. The molecule has 8 heteroatoms. The molecule has 164 valence electrons. The molecule has 0 aliphatic carbocycles. The van der Waals surface area contributed by atoms with Gasteiger partial charge in [-0.3, -0.25) is 4.79 Å². The molecule has 0 fully saturated rings. The van der Waals surface area contributed by atoms with Crippen molar-refractivity contribution >= 4 is 27.5 Å². The van der Waals surface area contributed by atoms with Gasteiger partial charge in [0.25, 0.3) is 5.91 Å². The van der Waals surface area contributed by atoms with Crippen LogP contribution >= 0.6 is 11.6 Å². The van der Waals surface area contributed by atoms with Crippen LogP contribution in [0.1, 0.15) is 43.1 Å². The van der Waals surface area contributed by atoms with E-state index in [0.29, 0.717) is 16.5 Å². The lowest BCUT2D eigenvalue weighted by molar-refractivity contribution is 0.0728. The second-order valence-corrected chi connectivity index (χ2v) is 9.88. The van der Waals surface area contributed by atoms with Crippen LogP contribution in [0.5, 0.6) is 5.75 Å². The SMILES string of the molecule is COc1ccc(C(=O)N(C)C(C)CC(C)C)cc1S(=O)(=O)NCc1ccc(Cl)cc1. The summed E-state index contributed by atoms with van der Waals surface area (Å²) >= 11 is 5.87. The zero-order chi connectivity index (χ0) is 22.5. The van der Waals surface area contributed by atoms with Crippen molar-refractivity contribution in [2.75, 3.05) is 14.2 Å². The molecule has 0 spiro atoms. The second kappa shape index (κ2) is 10.3. The molecule has 1 N–H and O–H groups in total. The third kappa shape index (κ3) is 6.20. The molecule has 1 atom stereocenters. The Morgan fingerprint density at radius 3 is 2.33 bits per heavy atom. The van der Waals surface area contributed by atoms with Gasteiger partial charge in [-0.2, -0.15) is 0 Å². The molecule has 0 radical (unpaired) electrons. The van der Waals surface area contributed by atoms with Gasteiger partial charge < -0.3 is 9.64 Å². The van der Waals surface area contributed by atoms with E-state index < -0.39 is 10.0 Å². The van der Waals surface area contributed by atoms with Gasteiger partial charge in [0, 0.05) is 30.2 Å². The van der Waals surface area contributed by atoms with E-state index in [1.54, 1.807) is 42.3 Å². The molecule has 6 nitrogen and oxygen atoms in total. The highest BCUT2D eigenvalue weighted by molar-refractivity contribution is 7.89. The molecule has 2 aromatic carbocycles. The first-order valence-electron chi connectivity index (χ1n) is 9.74. The van der Waals surface area contributed by atoms with Crippen LogP contribution in [0.25, 0.3) is 0 Å². The Hall–Kier alpha value is -2.09. The number of carbonyl (C=O) groups is 1. The molecule has 0 saturated heterocycles. The molecule has 0 aromatic heterocycles. The average Bonchev–Trinajstić information content (AvgIpc) is 2.71. The number of nitrogens with one attached hydrogen (secondary N) is 1. The molecular weight excluding hydrogens is 424 g/mol. The number of hydrogen-bond donors (Lipinski definition) is 1. The Bertz CT molecular complexity index is 975. The van der Waals surface area contributed by atoms with Crippen molar-refractivity contribution in [3.05, 3.63) is 58.6 Å². The largest absolute Gasteiger partial charge is 0.495 e. The Morgan fingerprint density at radius 2 is 1.77 bits per heavy atom. The third-order valence-corrected chi connectivity index (χ3v) is 6.55. The number of carbonyl (C=O) groups excluding carboxylic acids is 1. The highest BCUT2D eigenvalue weighted by Crippen LogP contribution is 2.26. The van der Waals surface area contributed by atoms with Crippen LogP contribution in [0.3, 0.4) is 0 Å². The first kappa shape index (κ1) is 24.2. The number of sulfonamides is 1. The number of ether oxygens (including phenoxy) is 1. The lowest BCUT2D eigenvalue weighted by Crippen LogP contribution is -2.36. The van der Waals surface area contributed by atoms with E-state index in [4.69, 9.17) is 16.3 Å². The quantitative estimate of drug-likeness (QED) is 0.614. The van der Waals surface area contributed by atoms with Crippen molar-refractivity contribution in [1.29, 1.82) is 0 Å². The summed E-state index contributed by atoms with van der Waals surface area (Å²) in [5.41, 5.74) is 1.05. The summed E-state index contributed by atoms with van der Waals surface area (Å²) < 4.78 is 33.7. The number of halogens is 1. The molecule has 0 aliphatic rings. The van der Waals surface area contributed by atoms with E-state index in [9.17, 15) is 13.2 Å². The average molecular weight is 453 g/mol. The van der Waals surface area contributed by atoms with Crippen LogP contribution in [0.2, 0.25) is 5.02 Å². The number of methoxy groups -OCH3 is 1. The number of rotatable bonds is 9. The maximum atomic E-state index is 12.9. The monoisotopic (exact) mass is 452 g/mol. The standard InChI is InChI=1S/C22H29ClN2O4S/c1-15(2)12-16(3)25(4)22(26)18-8-11-20(29-5)21(13-18)30(27,28)24-14-17-6-9-19(23)10-7-17/h6-11,13,15-16,24H,12,14H2,1-5H3. The summed E-state index contributed by atoms with van der Waals surface area (Å²) in [4.78, 5) is 14.5. The van der Waals surface area contributed by atoms with Crippen LogP contribution in [0.15, 0.2) is 47.4 Å². The Balaban J connectivity index is 2.28. The molecule has 1 unspecified atom stereocenters. The fraction of sp³-hybridized carbons (Fsp3) is 0.409. The minimum atomic E-state index is -3.91. The molecule has 0 bridgehead atoms. The van der Waals surface area contributed by atoms with Crippen molar-refractivity contribution < 1.29 is 17.9 Å². The summed E-state index contributed by atoms with van der Waals surface area (Å²) in [5, 5.41) is 0.574. The van der Waals surface area contributed by atoms with E-state index in [1.165, 1.54) is 19.2 Å². The van der Waals surface area contributed by atoms with Gasteiger partial charge in [0.05, 0.1) is 7.11 Å². The van der Waals surface area contributed by atoms with E-state index in [2.05, 4.69) is 18.6 Å². The smallest absolute Gasteiger partial charge is 0.253 e. The Labute approximate surface area is 184 Å². The van der Waals surface area contributed by atoms with E-state index in [-0.39, 0.29) is 29.1 Å². The lowest BCUT2D eigenvalue weighted by Gasteiger charge is -2.26. The van der Waals surface area contributed by atoms with Gasteiger partial charge in [-0.15, -0.1) is 0 Å². The van der Waals surface area contributed by atoms with Crippen molar-refractivity contribution in [2.24, 2.45) is 5.92 Å². The Morgan fingerprint density at radius 1 is 1.13 bits per heavy atom. The van der Waals surface area contributed by atoms with Crippen molar-refractivity contribution in [2.45, 2.75) is 44.7 Å². The predicted octanol–water partition coefficient (Wildman–Crippen LogP) is 4.33. The van der Waals surface area contributed by atoms with Crippen molar-refractivity contribution in [3.63, 3.8) is 0 Å². The molecule has 2 aromatic rings. The van der Waals surface area contributed by atoms with Crippen LogP contribution < -0.4 is 9.46 Å². The maximum absolute atomic E-state index is 12.9. The second-order valence-electron chi connectivity index (χ2n) is 7.71. The van der Waals surface area contributed by atoms with Gasteiger partial charge in [0.15, 0.2) is 0 Å². The molecule has 1 amide bonds. The first-order chi connectivity index (χ1) is 14.0. The molecule has 0 aliphatic heterocycles. The number of nitrogens with zero attached hydrogens (tertiary/aromatic N) is 1. The Kier molecular flexibility index (Phi) is 8.29. The molecule has 0 heterocycles. The van der Waals surface area contributed by atoms with Gasteiger partial charge in [0.1, 0.15) is 10.6 Å². The lowest BCUT2D eigenvalue weighted by atomic mass is 10.0. The van der Waals surface area contributed by atoms with Gasteiger partial charge in [-0.1, -0.05) is 37.6 Å². The third-order valence-electron chi connectivity index (χ3n) is 4.87. The summed E-state index contributed by atoms with van der Waals surface area (Å²) in [6.45, 7) is 6.26. The first-order valence-corrected chi connectivity index (χ1v) is 11.6. The zero-order valence-corrected chi connectivity index (χ0v) is 19.5. The topological polar surface area (TPSA) is 75.7 Å². The van der Waals surface area contributed by atoms with Gasteiger partial charge in [-0.25, -0.2) is 13.1 Å². The zero-order valence-electron chi connectivity index (χ0n) is 18.0. The number of amides is 1. The molecule has 0 saturated carbocycles. The van der Waals surface area contributed by atoms with Crippen molar-refractivity contribution in [1.82, 2.24) is 9.62 Å². The van der Waals surface area contributed by atoms with Gasteiger partial charge in [-0.05, 0) is 55.2 Å². The van der Waals surface area contributed by atoms with Crippen LogP contribution in [-0.4, -0.2) is 39.4 Å². The molecular formula is C22H29ClN2O4S. The summed E-state index contributed by atoms with van der Waals surface area (Å²) in [6.07, 6.45) is 0.853. The van der Waals surface area contributed by atoms with Crippen LogP contribution in [0, 0.1) is 5.92 Å². The maximum Gasteiger partial charge on any atom is 0.253 e. The minimum absolute atomic E-state index is 0.0303. The fourth-order valence-electron chi connectivity index (χ4n) is 3.12. The summed E-state index contributed by atoms with van der Waals surface area (Å²) in [7, 11) is -0.788. The fourth-order valence-corrected chi connectivity index (χ4v) is 4.46. The number of hydrogen-bond acceptors (Lipinski definition) is 4. The van der Waals surface area contributed by atoms with E-state index in [1.807, 2.05) is 6.92 Å². The highest BCUT2D eigenvalue weighted by atomic mass is 35.5. The van der Waals surface area contributed by atoms with Crippen LogP contribution in [-0.2, 0) is 16.6 Å².